The molecule has 0 spiro atoms. The summed E-state index contributed by atoms with van der Waals surface area (Å²) >= 11 is 21.9. The number of para-hydroxylation sites is 2. The van der Waals surface area contributed by atoms with Gasteiger partial charge in [0, 0.05) is 4.48 Å². The molecule has 0 amide bonds. The van der Waals surface area contributed by atoms with Gasteiger partial charge in [-0.1, -0.05) is 91.8 Å². The molecule has 1 aliphatic carbocycles. The minimum Gasteiger partial charge on any atom is -0.397 e. The van der Waals surface area contributed by atoms with Crippen LogP contribution in [0.15, 0.2) is 28.7 Å². The van der Waals surface area contributed by atoms with Crippen LogP contribution in [0.25, 0.3) is 4.48 Å². The quantitative estimate of drug-likeness (QED) is 0.244. The van der Waals surface area contributed by atoms with Crippen molar-refractivity contribution in [3.63, 3.8) is 0 Å². The number of imidazole rings is 1. The Hall–Kier alpha value is 0.650. The van der Waals surface area contributed by atoms with Gasteiger partial charge in [-0.3, -0.25) is 0 Å². The molecule has 1 heterocycles. The number of alkyl halides is 4. The molecule has 0 fully saturated rings. The Morgan fingerprint density at radius 3 is 2.35 bits per heavy atom. The van der Waals surface area contributed by atoms with E-state index in [0.29, 0.717) is 11.6 Å². The van der Waals surface area contributed by atoms with Crippen LogP contribution in [0.2, 0.25) is 0 Å². The van der Waals surface area contributed by atoms with E-state index in [1.54, 1.807) is 0 Å². The molecule has 4 nitrogen and oxygen atoms in total. The third-order valence-corrected chi connectivity index (χ3v) is 12.7. The van der Waals surface area contributed by atoms with E-state index in [9.17, 15) is 0 Å². The van der Waals surface area contributed by atoms with Crippen molar-refractivity contribution in [3.05, 3.63) is 40.1 Å². The zero-order valence-electron chi connectivity index (χ0n) is 11.1. The van der Waals surface area contributed by atoms with Crippen LogP contribution in [0, 0.1) is 0 Å². The van der Waals surface area contributed by atoms with Gasteiger partial charge in [0.15, 0.2) is 3.23 Å². The highest BCUT2D eigenvalue weighted by molar-refractivity contribution is 9.30. The van der Waals surface area contributed by atoms with E-state index in [-0.39, 0.29) is 0 Å². The third kappa shape index (κ3) is 3.01. The fourth-order valence-corrected chi connectivity index (χ4v) is 5.98. The minimum absolute atomic E-state index is 0.589. The second-order valence-electron chi connectivity index (χ2n) is 4.80. The van der Waals surface area contributed by atoms with Crippen molar-refractivity contribution < 1.29 is 0 Å². The first-order valence-corrected chi connectivity index (χ1v) is 11.0. The summed E-state index contributed by atoms with van der Waals surface area (Å²) in [5.74, 6) is 0.589. The Balaban J connectivity index is 2.09. The SMILES string of the molecule is Nc1ccccc1Nc1nc2c([nH]1)C(Br)=C(Br)C(Br)(Br)C2(Br)Br. The number of benzene rings is 1. The Kier molecular flexibility index (Phi) is 5.15. The summed E-state index contributed by atoms with van der Waals surface area (Å²) in [6.45, 7) is 0. The molecule has 1 aromatic heterocycles. The van der Waals surface area contributed by atoms with Crippen molar-refractivity contribution >= 4 is 117 Å². The number of nitrogens with one attached hydrogen (secondary N) is 2. The van der Waals surface area contributed by atoms with Gasteiger partial charge in [-0.25, -0.2) is 4.98 Å². The molecule has 4 N–H and O–H groups in total. The maximum absolute atomic E-state index is 5.97. The summed E-state index contributed by atoms with van der Waals surface area (Å²) in [7, 11) is 0. The summed E-state index contributed by atoms with van der Waals surface area (Å²) in [6.07, 6.45) is 0. The smallest absolute Gasteiger partial charge is 0.205 e. The predicted molar refractivity (Wildman–Crippen MR) is 118 cm³/mol. The lowest BCUT2D eigenvalue weighted by Gasteiger charge is -2.37. The molecule has 0 unspecified atom stereocenters. The van der Waals surface area contributed by atoms with Crippen molar-refractivity contribution in [2.45, 2.75) is 6.47 Å². The van der Waals surface area contributed by atoms with Crippen molar-refractivity contribution in [1.82, 2.24) is 9.97 Å². The maximum Gasteiger partial charge on any atom is 0.205 e. The van der Waals surface area contributed by atoms with Crippen LogP contribution in [-0.2, 0) is 3.23 Å². The summed E-state index contributed by atoms with van der Waals surface area (Å²) < 4.78 is 0.451. The normalized spacial score (nSPS) is 18.7. The number of hydrogen-bond donors (Lipinski definition) is 3. The van der Waals surface area contributed by atoms with Crippen LogP contribution in [-0.4, -0.2) is 13.2 Å². The van der Waals surface area contributed by atoms with Gasteiger partial charge in [0.2, 0.25) is 5.95 Å². The second kappa shape index (κ2) is 6.42. The zero-order valence-corrected chi connectivity index (χ0v) is 20.6. The molecule has 0 radical (unpaired) electrons. The van der Waals surface area contributed by atoms with Gasteiger partial charge in [0.05, 0.1) is 27.2 Å². The summed E-state index contributed by atoms with van der Waals surface area (Å²) in [5.41, 5.74) is 9.03. The first-order chi connectivity index (χ1) is 10.7. The van der Waals surface area contributed by atoms with E-state index in [1.807, 2.05) is 24.3 Å². The average Bonchev–Trinajstić information content (AvgIpc) is 2.91. The number of nitrogen functional groups attached to an aromatic ring is 1. The van der Waals surface area contributed by atoms with Crippen LogP contribution in [0.5, 0.6) is 0 Å². The van der Waals surface area contributed by atoms with Crippen LogP contribution in [0.3, 0.4) is 0 Å². The molecule has 0 bridgehead atoms. The Morgan fingerprint density at radius 1 is 1.04 bits per heavy atom. The fourth-order valence-electron chi connectivity index (χ4n) is 2.09. The van der Waals surface area contributed by atoms with Gasteiger partial charge in [-0.2, -0.15) is 0 Å². The van der Waals surface area contributed by atoms with Gasteiger partial charge >= 0.3 is 0 Å². The summed E-state index contributed by atoms with van der Waals surface area (Å²) in [4.78, 5) is 7.93. The number of aromatic amines is 1. The van der Waals surface area contributed by atoms with Crippen molar-refractivity contribution in [2.75, 3.05) is 11.1 Å². The lowest BCUT2D eigenvalue weighted by molar-refractivity contribution is 0.870. The number of fused-ring (bicyclic) bond motifs is 1. The molecule has 2 aromatic rings. The van der Waals surface area contributed by atoms with Crippen molar-refractivity contribution in [2.24, 2.45) is 0 Å². The first kappa shape index (κ1) is 18.4. The molecule has 1 aliphatic rings. The number of nitrogens with zero attached hydrogens (tertiary/aromatic N) is 1. The van der Waals surface area contributed by atoms with Crippen LogP contribution in [0.1, 0.15) is 11.4 Å². The largest absolute Gasteiger partial charge is 0.397 e. The fraction of sp³-hybridized carbons (Fsp3) is 0.154. The molecule has 0 aliphatic heterocycles. The number of aromatic nitrogens is 2. The Labute approximate surface area is 183 Å². The van der Waals surface area contributed by atoms with Gasteiger partial charge in [-0.05, 0) is 28.1 Å². The summed E-state index contributed by atoms with van der Waals surface area (Å²) in [5, 5.41) is 3.21. The van der Waals surface area contributed by atoms with E-state index < -0.39 is 6.47 Å². The highest BCUT2D eigenvalue weighted by Crippen LogP contribution is 2.65. The lowest BCUT2D eigenvalue weighted by Crippen LogP contribution is -2.36. The standard InChI is InChI=1S/C13H8Br6N4/c14-7-8-10(13(18,19)12(16,17)9(7)15)23-11(22-8)21-6-4-2-1-3-5(6)20/h1-4H,20H2,(H2,21,22,23). The first-order valence-electron chi connectivity index (χ1n) is 6.20. The van der Waals surface area contributed by atoms with E-state index in [2.05, 4.69) is 111 Å². The molecule has 0 saturated carbocycles. The van der Waals surface area contributed by atoms with Crippen LogP contribution < -0.4 is 11.1 Å². The molecule has 122 valence electrons. The number of rotatable bonds is 2. The van der Waals surface area contributed by atoms with E-state index in [1.165, 1.54) is 0 Å². The average molecular weight is 700 g/mol. The molecule has 10 heteroatoms. The van der Waals surface area contributed by atoms with Gasteiger partial charge in [-0.15, -0.1) is 0 Å². The number of hydrogen-bond acceptors (Lipinski definition) is 3. The molecular formula is C13H8Br6N4. The molecule has 0 atom stereocenters. The van der Waals surface area contributed by atoms with Gasteiger partial charge < -0.3 is 16.0 Å². The van der Waals surface area contributed by atoms with E-state index >= 15 is 0 Å². The van der Waals surface area contributed by atoms with Gasteiger partial charge in [0.1, 0.15) is 3.23 Å². The Morgan fingerprint density at radius 2 is 1.70 bits per heavy atom. The molecule has 0 saturated heterocycles. The third-order valence-electron chi connectivity index (χ3n) is 3.30. The minimum atomic E-state index is -0.670. The van der Waals surface area contributed by atoms with Crippen LogP contribution in [0.4, 0.5) is 17.3 Å². The van der Waals surface area contributed by atoms with Crippen molar-refractivity contribution in [3.8, 4) is 0 Å². The Bertz CT molecular complexity index is 811. The van der Waals surface area contributed by atoms with E-state index in [4.69, 9.17) is 5.73 Å². The number of anilines is 3. The number of nitrogens with two attached hydrogens (primary N) is 1. The van der Waals surface area contributed by atoms with Crippen LogP contribution >= 0.6 is 95.6 Å². The topological polar surface area (TPSA) is 66.7 Å². The van der Waals surface area contributed by atoms with E-state index in [0.717, 1.165) is 26.0 Å². The lowest BCUT2D eigenvalue weighted by atomic mass is 10.1. The molecule has 3 rings (SSSR count). The number of H-pyrrole nitrogens is 1. The summed E-state index contributed by atoms with van der Waals surface area (Å²) in [6, 6.07) is 7.52. The molecule has 1 aromatic carbocycles. The maximum atomic E-state index is 5.97. The van der Waals surface area contributed by atoms with Crippen molar-refractivity contribution in [1.29, 1.82) is 0 Å². The number of halogens is 6. The highest BCUT2D eigenvalue weighted by atomic mass is 79.9. The second-order valence-corrected chi connectivity index (χ2v) is 13.3. The monoisotopic (exact) mass is 694 g/mol. The van der Waals surface area contributed by atoms with Gasteiger partial charge in [0.25, 0.3) is 0 Å². The zero-order chi connectivity index (χ0) is 17.0. The highest BCUT2D eigenvalue weighted by Gasteiger charge is 2.55. The molecule has 23 heavy (non-hydrogen) atoms. The number of allylic oxidation sites excluding steroid dienone is 1. The predicted octanol–water partition coefficient (Wildman–Crippen LogP) is 6.64. The molecular weight excluding hydrogens is 692 g/mol.